The first-order chi connectivity index (χ1) is 12.8. The van der Waals surface area contributed by atoms with Gasteiger partial charge in [-0.3, -0.25) is 0 Å². The van der Waals surface area contributed by atoms with Crippen molar-refractivity contribution >= 4 is 29.6 Å². The highest BCUT2D eigenvalue weighted by molar-refractivity contribution is 7.33. The summed E-state index contributed by atoms with van der Waals surface area (Å²) in [5.74, 6) is 0. The van der Waals surface area contributed by atoms with E-state index in [1.54, 1.807) is 0 Å². The zero-order valence-corrected chi connectivity index (χ0v) is 20.1. The Labute approximate surface area is 176 Å². The van der Waals surface area contributed by atoms with Crippen LogP contribution in [0.5, 0.6) is 0 Å². The maximum Gasteiger partial charge on any atom is 0.237 e. The summed E-state index contributed by atoms with van der Waals surface area (Å²) in [6, 6.07) is 1.10. The van der Waals surface area contributed by atoms with E-state index in [1.807, 2.05) is 6.08 Å². The van der Waals surface area contributed by atoms with Crippen molar-refractivity contribution < 1.29 is 0 Å². The fraction of sp³-hybridized carbons (Fsp3) is 0.913. The van der Waals surface area contributed by atoms with Gasteiger partial charge in [0.2, 0.25) is 7.42 Å². The number of rotatable bonds is 22. The van der Waals surface area contributed by atoms with Crippen molar-refractivity contribution in [3.05, 3.63) is 12.7 Å². The number of hydrogen-bond acceptors (Lipinski definition) is 0. The minimum absolute atomic E-state index is 1.10. The monoisotopic (exact) mass is 420 g/mol. The second-order valence-corrected chi connectivity index (χ2v) is 13.2. The van der Waals surface area contributed by atoms with Crippen LogP contribution in [0.15, 0.2) is 12.7 Å². The highest BCUT2D eigenvalue weighted by Crippen LogP contribution is 2.16. The predicted molar refractivity (Wildman–Crippen MR) is 126 cm³/mol. The first kappa shape index (κ1) is 26.5. The molecule has 3 heteroatoms. The molecule has 0 aliphatic rings. The van der Waals surface area contributed by atoms with E-state index in [0.29, 0.717) is 0 Å². The Bertz CT molecular complexity index is 269. The van der Waals surface area contributed by atoms with Gasteiger partial charge in [0.1, 0.15) is 0 Å². The molecule has 0 fully saturated rings. The molecule has 0 saturated heterocycles. The number of allylic oxidation sites excluding steroid dienone is 1. The number of halogens is 2. The van der Waals surface area contributed by atoms with Gasteiger partial charge in [0.25, 0.3) is 0 Å². The summed E-state index contributed by atoms with van der Waals surface area (Å²) in [6.45, 7) is 3.78. The van der Waals surface area contributed by atoms with E-state index in [1.165, 1.54) is 128 Å². The lowest BCUT2D eigenvalue weighted by atomic mass is 10.0. The second-order valence-electron chi connectivity index (χ2n) is 7.97. The Morgan fingerprint density at radius 2 is 0.731 bits per heavy atom. The molecule has 0 heterocycles. The van der Waals surface area contributed by atoms with Gasteiger partial charge < -0.3 is 0 Å². The Morgan fingerprint density at radius 1 is 0.462 bits per heavy atom. The van der Waals surface area contributed by atoms with Gasteiger partial charge in [0.15, 0.2) is 0 Å². The Hall–Kier alpha value is 0.537. The smallest absolute Gasteiger partial charge is 0.150 e. The van der Waals surface area contributed by atoms with Crippen molar-refractivity contribution in [2.75, 3.05) is 0 Å². The van der Waals surface area contributed by atoms with Gasteiger partial charge in [0.05, 0.1) is 0 Å². The number of hydrogen-bond donors (Lipinski definition) is 0. The van der Waals surface area contributed by atoms with E-state index in [4.69, 9.17) is 22.2 Å². The molecule has 0 spiro atoms. The molecule has 0 radical (unpaired) electrons. The molecule has 0 unspecified atom stereocenters. The van der Waals surface area contributed by atoms with Crippen molar-refractivity contribution in [1.82, 2.24) is 0 Å². The van der Waals surface area contributed by atoms with Crippen molar-refractivity contribution in [3.8, 4) is 0 Å². The average Bonchev–Trinajstić information content (AvgIpc) is 2.62. The van der Waals surface area contributed by atoms with E-state index in [2.05, 4.69) is 6.58 Å². The van der Waals surface area contributed by atoms with Crippen molar-refractivity contribution in [3.63, 3.8) is 0 Å². The van der Waals surface area contributed by atoms with Crippen LogP contribution in [0.1, 0.15) is 128 Å². The second kappa shape index (κ2) is 23.6. The van der Waals surface area contributed by atoms with E-state index in [-0.39, 0.29) is 0 Å². The largest absolute Gasteiger partial charge is 0.237 e. The molecule has 0 saturated carbocycles. The van der Waals surface area contributed by atoms with Gasteiger partial charge >= 0.3 is 0 Å². The molecule has 0 rings (SSSR count). The Morgan fingerprint density at radius 3 is 1.00 bits per heavy atom. The molecule has 0 aliphatic heterocycles. The van der Waals surface area contributed by atoms with Crippen molar-refractivity contribution in [2.45, 2.75) is 134 Å². The molecule has 0 amide bonds. The van der Waals surface area contributed by atoms with Crippen LogP contribution < -0.4 is 0 Å². The van der Waals surface area contributed by atoms with Crippen LogP contribution in [-0.2, 0) is 0 Å². The molecule has 0 atom stereocenters. The molecule has 0 aromatic carbocycles. The zero-order valence-electron chi connectivity index (χ0n) is 17.5. The summed E-state index contributed by atoms with van der Waals surface area (Å²) in [4.78, 5) is 0. The lowest BCUT2D eigenvalue weighted by Crippen LogP contribution is -1.91. The van der Waals surface area contributed by atoms with Crippen molar-refractivity contribution in [2.24, 2.45) is 0 Å². The van der Waals surface area contributed by atoms with Gasteiger partial charge in [-0.2, -0.15) is 22.2 Å². The van der Waals surface area contributed by atoms with Crippen LogP contribution in [0.2, 0.25) is 6.04 Å². The summed E-state index contributed by atoms with van der Waals surface area (Å²) in [5, 5.41) is 0. The van der Waals surface area contributed by atoms with E-state index in [9.17, 15) is 0 Å². The lowest BCUT2D eigenvalue weighted by molar-refractivity contribution is 0.523. The average molecular weight is 422 g/mol. The third-order valence-electron chi connectivity index (χ3n) is 5.33. The zero-order chi connectivity index (χ0) is 19.1. The first-order valence-electron chi connectivity index (χ1n) is 11.7. The molecule has 0 aromatic heterocycles. The quantitative estimate of drug-likeness (QED) is 0.0706. The molecular weight excluding hydrogens is 375 g/mol. The predicted octanol–water partition coefficient (Wildman–Crippen LogP) is 9.67. The lowest BCUT2D eigenvalue weighted by Gasteiger charge is -2.04. The van der Waals surface area contributed by atoms with Crippen LogP contribution in [0, 0.1) is 0 Å². The van der Waals surface area contributed by atoms with Crippen LogP contribution >= 0.6 is 22.2 Å². The minimum atomic E-state index is -1.33. The summed E-state index contributed by atoms with van der Waals surface area (Å²) in [6.07, 6.45) is 30.2. The molecule has 156 valence electrons. The van der Waals surface area contributed by atoms with Crippen LogP contribution in [-0.4, -0.2) is 7.42 Å². The van der Waals surface area contributed by atoms with Gasteiger partial charge in [0, 0.05) is 0 Å². The standard InChI is InChI=1S/C23H46Cl2Si/c1-2-3-4-5-6-7-8-9-10-11-12-13-14-15-16-17-18-19-20-21-22-23-26(24)25/h2,26H,1,3-23H2. The maximum absolute atomic E-state index is 5.87. The topological polar surface area (TPSA) is 0 Å². The fourth-order valence-corrected chi connectivity index (χ4v) is 5.12. The van der Waals surface area contributed by atoms with Crippen LogP contribution in [0.25, 0.3) is 0 Å². The highest BCUT2D eigenvalue weighted by Gasteiger charge is 2.00. The summed E-state index contributed by atoms with van der Waals surface area (Å²) < 4.78 is 0. The van der Waals surface area contributed by atoms with Gasteiger partial charge in [-0.05, 0) is 18.9 Å². The molecule has 0 aromatic rings. The SMILES string of the molecule is C=CCCCCCCCCCCCCCCCCCCCCC[SiH](Cl)Cl. The molecular formula is C23H46Cl2Si. The minimum Gasteiger partial charge on any atom is -0.150 e. The summed E-state index contributed by atoms with van der Waals surface area (Å²) in [5.41, 5.74) is 0. The van der Waals surface area contributed by atoms with Gasteiger partial charge in [-0.25, -0.2) is 0 Å². The Kier molecular flexibility index (Phi) is 24.1. The molecule has 0 nitrogen and oxygen atoms in total. The van der Waals surface area contributed by atoms with E-state index >= 15 is 0 Å². The third-order valence-corrected chi connectivity index (χ3v) is 7.48. The normalized spacial score (nSPS) is 11.3. The summed E-state index contributed by atoms with van der Waals surface area (Å²) in [7, 11) is -1.33. The number of unbranched alkanes of at least 4 members (excludes halogenated alkanes) is 19. The van der Waals surface area contributed by atoms with Crippen LogP contribution in [0.4, 0.5) is 0 Å². The van der Waals surface area contributed by atoms with E-state index in [0.717, 1.165) is 6.04 Å². The highest BCUT2D eigenvalue weighted by atomic mass is 35.7. The van der Waals surface area contributed by atoms with Crippen molar-refractivity contribution in [1.29, 1.82) is 0 Å². The molecule has 0 N–H and O–H groups in total. The maximum atomic E-state index is 5.87. The fourth-order valence-electron chi connectivity index (χ4n) is 3.59. The van der Waals surface area contributed by atoms with Gasteiger partial charge in [-0.15, -0.1) is 6.58 Å². The summed E-state index contributed by atoms with van der Waals surface area (Å²) >= 11 is 11.7. The van der Waals surface area contributed by atoms with E-state index < -0.39 is 7.42 Å². The third kappa shape index (κ3) is 24.5. The van der Waals surface area contributed by atoms with Crippen LogP contribution in [0.3, 0.4) is 0 Å². The molecule has 0 bridgehead atoms. The molecule has 26 heavy (non-hydrogen) atoms. The Balaban J connectivity index is 2.98. The first-order valence-corrected chi connectivity index (χ1v) is 16.0. The molecule has 0 aliphatic carbocycles. The van der Waals surface area contributed by atoms with Gasteiger partial charge in [-0.1, -0.05) is 122 Å².